The number of carbonyl (C=O) groups is 1. The molecular formula is C15H19NO3. The average molecular weight is 261 g/mol. The van der Waals surface area contributed by atoms with Crippen LogP contribution in [0.3, 0.4) is 0 Å². The van der Waals surface area contributed by atoms with Crippen molar-refractivity contribution in [3.05, 3.63) is 29.3 Å². The van der Waals surface area contributed by atoms with Crippen LogP contribution in [0, 0.1) is 0 Å². The number of Topliss-reactive ketones (excluding diaryl/α,β-unsaturated/α-hetero) is 1. The predicted octanol–water partition coefficient (Wildman–Crippen LogP) is 1.26. The number of hydrogen-bond acceptors (Lipinski definition) is 4. The number of aliphatic hydroxyl groups is 1. The van der Waals surface area contributed by atoms with E-state index in [1.165, 1.54) is 0 Å². The zero-order chi connectivity index (χ0) is 13.5. The summed E-state index contributed by atoms with van der Waals surface area (Å²) in [5.41, 5.74) is 1.22. The van der Waals surface area contributed by atoms with Gasteiger partial charge in [0.15, 0.2) is 5.78 Å². The number of fused-ring (bicyclic) bond motifs is 1. The molecule has 1 aromatic carbocycles. The highest BCUT2D eigenvalue weighted by atomic mass is 16.5. The third-order valence-electron chi connectivity index (χ3n) is 3.91. The number of likely N-dealkylation sites (tertiary alicyclic amines) is 1. The van der Waals surface area contributed by atoms with E-state index in [0.717, 1.165) is 36.3 Å². The summed E-state index contributed by atoms with van der Waals surface area (Å²) in [6.07, 6.45) is 1.62. The summed E-state index contributed by atoms with van der Waals surface area (Å²) in [5, 5.41) is 9.91. The number of nitrogens with zero attached hydrogens (tertiary/aromatic N) is 1. The summed E-state index contributed by atoms with van der Waals surface area (Å²) in [4.78, 5) is 14.3. The zero-order valence-electron chi connectivity index (χ0n) is 11.2. The van der Waals surface area contributed by atoms with Crippen molar-refractivity contribution in [3.63, 3.8) is 0 Å². The highest BCUT2D eigenvalue weighted by Gasteiger charge is 2.32. The quantitative estimate of drug-likeness (QED) is 0.832. The Hall–Kier alpha value is -1.39. The van der Waals surface area contributed by atoms with Crippen molar-refractivity contribution >= 4 is 5.78 Å². The molecule has 3 rings (SSSR count). The third-order valence-corrected chi connectivity index (χ3v) is 3.91. The van der Waals surface area contributed by atoms with Gasteiger partial charge in [-0.2, -0.15) is 0 Å². The molecule has 0 aromatic heterocycles. The van der Waals surface area contributed by atoms with Crippen LogP contribution in [-0.4, -0.2) is 47.6 Å². The van der Waals surface area contributed by atoms with E-state index < -0.39 is 5.60 Å². The van der Waals surface area contributed by atoms with Gasteiger partial charge in [0.2, 0.25) is 0 Å². The van der Waals surface area contributed by atoms with Crippen molar-refractivity contribution in [2.24, 2.45) is 0 Å². The highest BCUT2D eigenvalue weighted by molar-refractivity contribution is 5.98. The molecule has 1 aromatic rings. The fourth-order valence-corrected chi connectivity index (χ4v) is 2.83. The summed E-state index contributed by atoms with van der Waals surface area (Å²) in [7, 11) is 0. The first-order chi connectivity index (χ1) is 9.03. The molecule has 0 saturated carbocycles. The van der Waals surface area contributed by atoms with Crippen LogP contribution in [0.15, 0.2) is 18.2 Å². The number of β-amino-alcohol motifs (C(OH)–C–C–N with tert-alkyl or cyclic N) is 1. The first-order valence-corrected chi connectivity index (χ1v) is 6.77. The van der Waals surface area contributed by atoms with E-state index in [9.17, 15) is 9.90 Å². The Kier molecular flexibility index (Phi) is 3.07. The molecule has 2 aliphatic heterocycles. The molecular weight excluding hydrogens is 242 g/mol. The van der Waals surface area contributed by atoms with Crippen LogP contribution in [0.4, 0.5) is 0 Å². The van der Waals surface area contributed by atoms with Crippen molar-refractivity contribution in [1.29, 1.82) is 0 Å². The molecule has 0 amide bonds. The molecule has 0 spiro atoms. The Morgan fingerprint density at radius 2 is 2.37 bits per heavy atom. The molecule has 0 aliphatic carbocycles. The van der Waals surface area contributed by atoms with Crippen molar-refractivity contribution < 1.29 is 14.6 Å². The van der Waals surface area contributed by atoms with E-state index in [1.807, 2.05) is 30.0 Å². The van der Waals surface area contributed by atoms with Gasteiger partial charge in [-0.15, -0.1) is 0 Å². The lowest BCUT2D eigenvalue weighted by Crippen LogP contribution is -2.33. The van der Waals surface area contributed by atoms with Crippen molar-refractivity contribution in [1.82, 2.24) is 4.90 Å². The molecule has 102 valence electrons. The van der Waals surface area contributed by atoms with Crippen LogP contribution >= 0.6 is 0 Å². The van der Waals surface area contributed by atoms with Crippen LogP contribution in [0.5, 0.6) is 5.75 Å². The van der Waals surface area contributed by atoms with Gasteiger partial charge in [0.1, 0.15) is 5.75 Å². The van der Waals surface area contributed by atoms with E-state index in [-0.39, 0.29) is 5.78 Å². The van der Waals surface area contributed by atoms with Crippen LogP contribution in [0.1, 0.15) is 29.3 Å². The molecule has 1 fully saturated rings. The topological polar surface area (TPSA) is 49.8 Å². The maximum atomic E-state index is 12.2. The van der Waals surface area contributed by atoms with Crippen LogP contribution in [0.2, 0.25) is 0 Å². The van der Waals surface area contributed by atoms with Gasteiger partial charge in [0.25, 0.3) is 0 Å². The Morgan fingerprint density at radius 3 is 3.11 bits per heavy atom. The predicted molar refractivity (Wildman–Crippen MR) is 71.7 cm³/mol. The molecule has 19 heavy (non-hydrogen) atoms. The lowest BCUT2D eigenvalue weighted by molar-refractivity contribution is 0.0669. The van der Waals surface area contributed by atoms with Gasteiger partial charge in [-0.1, -0.05) is 0 Å². The van der Waals surface area contributed by atoms with Gasteiger partial charge >= 0.3 is 0 Å². The summed E-state index contributed by atoms with van der Waals surface area (Å²) in [6.45, 7) is 4.28. The molecule has 2 aliphatic rings. The molecule has 4 nitrogen and oxygen atoms in total. The zero-order valence-corrected chi connectivity index (χ0v) is 11.2. The smallest absolute Gasteiger partial charge is 0.176 e. The summed E-state index contributed by atoms with van der Waals surface area (Å²) in [6, 6.07) is 5.66. The molecule has 1 unspecified atom stereocenters. The second kappa shape index (κ2) is 4.62. The van der Waals surface area contributed by atoms with E-state index in [2.05, 4.69) is 0 Å². The standard InChI is InChI=1S/C15H19NO3/c1-15(18)5-6-16(10-15)9-13(17)11-2-3-14-12(8-11)4-7-19-14/h2-3,8,18H,4-7,9-10H2,1H3. The molecule has 1 atom stereocenters. The largest absolute Gasteiger partial charge is 0.493 e. The minimum atomic E-state index is -0.647. The van der Waals surface area contributed by atoms with Gasteiger partial charge in [-0.25, -0.2) is 0 Å². The summed E-state index contributed by atoms with van der Waals surface area (Å²) >= 11 is 0. The normalized spacial score (nSPS) is 26.2. The minimum absolute atomic E-state index is 0.118. The van der Waals surface area contributed by atoms with E-state index >= 15 is 0 Å². The molecule has 1 saturated heterocycles. The van der Waals surface area contributed by atoms with E-state index in [1.54, 1.807) is 0 Å². The van der Waals surface area contributed by atoms with Crippen molar-refractivity contribution in [2.75, 3.05) is 26.2 Å². The van der Waals surface area contributed by atoms with Crippen molar-refractivity contribution in [2.45, 2.75) is 25.4 Å². The Balaban J connectivity index is 1.68. The first kappa shape index (κ1) is 12.6. The minimum Gasteiger partial charge on any atom is -0.493 e. The lowest BCUT2D eigenvalue weighted by atomic mass is 10.1. The molecule has 0 bridgehead atoms. The molecule has 2 heterocycles. The van der Waals surface area contributed by atoms with Gasteiger partial charge in [-0.3, -0.25) is 9.69 Å². The maximum Gasteiger partial charge on any atom is 0.176 e. The lowest BCUT2D eigenvalue weighted by Gasteiger charge is -2.18. The Labute approximate surface area is 113 Å². The summed E-state index contributed by atoms with van der Waals surface area (Å²) < 4.78 is 5.44. The monoisotopic (exact) mass is 261 g/mol. The fourth-order valence-electron chi connectivity index (χ4n) is 2.83. The van der Waals surface area contributed by atoms with Crippen LogP contribution in [-0.2, 0) is 6.42 Å². The number of hydrogen-bond donors (Lipinski definition) is 1. The second-order valence-corrected chi connectivity index (χ2v) is 5.80. The van der Waals surface area contributed by atoms with Gasteiger partial charge in [0.05, 0.1) is 18.8 Å². The van der Waals surface area contributed by atoms with E-state index in [4.69, 9.17) is 4.74 Å². The summed E-state index contributed by atoms with van der Waals surface area (Å²) in [5.74, 6) is 1.02. The molecule has 1 N–H and O–H groups in total. The van der Waals surface area contributed by atoms with Crippen LogP contribution < -0.4 is 4.74 Å². The number of carbonyl (C=O) groups excluding carboxylic acids is 1. The van der Waals surface area contributed by atoms with Crippen molar-refractivity contribution in [3.8, 4) is 5.75 Å². The molecule has 4 heteroatoms. The van der Waals surface area contributed by atoms with Gasteiger partial charge in [0, 0.05) is 25.1 Å². The SMILES string of the molecule is CC1(O)CCN(CC(=O)c2ccc3c(c2)CCO3)C1. The van der Waals surface area contributed by atoms with E-state index in [0.29, 0.717) is 19.7 Å². The van der Waals surface area contributed by atoms with Gasteiger partial charge < -0.3 is 9.84 Å². The number of ketones is 1. The average Bonchev–Trinajstić information content (AvgIpc) is 2.94. The first-order valence-electron chi connectivity index (χ1n) is 6.77. The number of ether oxygens (including phenoxy) is 1. The molecule has 0 radical (unpaired) electrons. The fraction of sp³-hybridized carbons (Fsp3) is 0.533. The van der Waals surface area contributed by atoms with Gasteiger partial charge in [-0.05, 0) is 37.1 Å². The number of benzene rings is 1. The number of rotatable bonds is 3. The third kappa shape index (κ3) is 2.65. The Bertz CT molecular complexity index is 510. The Morgan fingerprint density at radius 1 is 1.53 bits per heavy atom. The highest BCUT2D eigenvalue weighted by Crippen LogP contribution is 2.26. The second-order valence-electron chi connectivity index (χ2n) is 5.80. The maximum absolute atomic E-state index is 12.2. The van der Waals surface area contributed by atoms with Crippen LogP contribution in [0.25, 0.3) is 0 Å².